The molecule has 2 aliphatic rings. The van der Waals surface area contributed by atoms with E-state index in [4.69, 9.17) is 5.11 Å². The highest BCUT2D eigenvalue weighted by atomic mass is 16.4. The van der Waals surface area contributed by atoms with Gasteiger partial charge in [-0.05, 0) is 18.8 Å². The van der Waals surface area contributed by atoms with E-state index in [9.17, 15) is 14.7 Å². The summed E-state index contributed by atoms with van der Waals surface area (Å²) in [7, 11) is 0. The maximum atomic E-state index is 11.5. The van der Waals surface area contributed by atoms with Crippen LogP contribution in [0.1, 0.15) is 19.3 Å². The number of likely N-dealkylation sites (tertiary alicyclic amines) is 1. The Morgan fingerprint density at radius 1 is 1.27 bits per heavy atom. The van der Waals surface area contributed by atoms with Crippen LogP contribution in [0.5, 0.6) is 0 Å². The summed E-state index contributed by atoms with van der Waals surface area (Å²) in [6, 6.07) is 0. The SMILES string of the molecule is O=C(O)CC(=O)N1CC2CCC(O)C2C1. The molecule has 0 aromatic rings. The molecule has 0 bridgehead atoms. The highest BCUT2D eigenvalue weighted by molar-refractivity contribution is 5.93. The quantitative estimate of drug-likeness (QED) is 0.617. The fraction of sp³-hybridized carbons (Fsp3) is 0.800. The molecule has 2 fully saturated rings. The number of carboxylic acid groups (broad SMARTS) is 1. The van der Waals surface area contributed by atoms with Gasteiger partial charge < -0.3 is 15.1 Å². The smallest absolute Gasteiger partial charge is 0.312 e. The van der Waals surface area contributed by atoms with Crippen LogP contribution in [0.2, 0.25) is 0 Å². The molecular formula is C10H15NO4. The molecule has 0 aromatic heterocycles. The second-order valence-corrected chi connectivity index (χ2v) is 4.44. The number of rotatable bonds is 2. The van der Waals surface area contributed by atoms with E-state index in [0.717, 1.165) is 12.8 Å². The Morgan fingerprint density at radius 3 is 2.60 bits per heavy atom. The minimum atomic E-state index is -1.09. The second kappa shape index (κ2) is 3.81. The van der Waals surface area contributed by atoms with Gasteiger partial charge in [-0.25, -0.2) is 0 Å². The molecule has 84 valence electrons. The molecule has 1 aliphatic heterocycles. The number of carbonyl (C=O) groups is 2. The molecule has 1 heterocycles. The molecule has 0 spiro atoms. The van der Waals surface area contributed by atoms with Crippen molar-refractivity contribution in [1.82, 2.24) is 4.90 Å². The zero-order valence-corrected chi connectivity index (χ0v) is 8.43. The third-order valence-corrected chi connectivity index (χ3v) is 3.47. The number of carboxylic acids is 1. The molecule has 1 saturated heterocycles. The topological polar surface area (TPSA) is 77.8 Å². The molecule has 1 saturated carbocycles. The first kappa shape index (κ1) is 10.4. The van der Waals surface area contributed by atoms with Crippen molar-refractivity contribution in [3.8, 4) is 0 Å². The highest BCUT2D eigenvalue weighted by Gasteiger charge is 2.43. The van der Waals surface area contributed by atoms with Gasteiger partial charge in [-0.1, -0.05) is 0 Å². The zero-order valence-electron chi connectivity index (χ0n) is 8.43. The summed E-state index contributed by atoms with van der Waals surface area (Å²) >= 11 is 0. The molecule has 0 radical (unpaired) electrons. The summed E-state index contributed by atoms with van der Waals surface area (Å²) in [6.07, 6.45) is 1.02. The summed E-state index contributed by atoms with van der Waals surface area (Å²) in [5.74, 6) is -0.873. The van der Waals surface area contributed by atoms with Crippen molar-refractivity contribution < 1.29 is 19.8 Å². The Hall–Kier alpha value is -1.10. The van der Waals surface area contributed by atoms with E-state index >= 15 is 0 Å². The number of nitrogens with zero attached hydrogens (tertiary/aromatic N) is 1. The number of hydrogen-bond acceptors (Lipinski definition) is 3. The van der Waals surface area contributed by atoms with Crippen molar-refractivity contribution in [2.75, 3.05) is 13.1 Å². The number of amides is 1. The molecule has 3 atom stereocenters. The van der Waals surface area contributed by atoms with E-state index in [-0.39, 0.29) is 17.9 Å². The molecule has 1 amide bonds. The lowest BCUT2D eigenvalue weighted by Crippen LogP contribution is -2.32. The van der Waals surface area contributed by atoms with Crippen molar-refractivity contribution >= 4 is 11.9 Å². The predicted octanol–water partition coefficient (Wildman–Crippen LogP) is -0.310. The van der Waals surface area contributed by atoms with Crippen LogP contribution in [-0.4, -0.2) is 46.2 Å². The van der Waals surface area contributed by atoms with Crippen LogP contribution >= 0.6 is 0 Å². The zero-order chi connectivity index (χ0) is 11.0. The van der Waals surface area contributed by atoms with Gasteiger partial charge in [0.05, 0.1) is 6.10 Å². The van der Waals surface area contributed by atoms with Crippen molar-refractivity contribution in [3.63, 3.8) is 0 Å². The first-order valence-electron chi connectivity index (χ1n) is 5.25. The van der Waals surface area contributed by atoms with Gasteiger partial charge in [0.2, 0.25) is 5.91 Å². The number of aliphatic carboxylic acids is 1. The molecule has 0 aromatic carbocycles. The van der Waals surface area contributed by atoms with Gasteiger partial charge in [0.1, 0.15) is 6.42 Å². The van der Waals surface area contributed by atoms with Crippen molar-refractivity contribution in [2.45, 2.75) is 25.4 Å². The van der Waals surface area contributed by atoms with Crippen LogP contribution in [0.25, 0.3) is 0 Å². The Kier molecular flexibility index (Phi) is 2.65. The molecule has 2 rings (SSSR count). The van der Waals surface area contributed by atoms with Crippen LogP contribution in [0.3, 0.4) is 0 Å². The molecule has 5 heteroatoms. The van der Waals surface area contributed by atoms with Gasteiger partial charge in [0, 0.05) is 19.0 Å². The van der Waals surface area contributed by atoms with Gasteiger partial charge in [-0.3, -0.25) is 9.59 Å². The number of carbonyl (C=O) groups excluding carboxylic acids is 1. The van der Waals surface area contributed by atoms with Gasteiger partial charge in [-0.2, -0.15) is 0 Å². The molecular weight excluding hydrogens is 198 g/mol. The summed E-state index contributed by atoms with van der Waals surface area (Å²) in [4.78, 5) is 23.4. The average molecular weight is 213 g/mol. The molecule has 15 heavy (non-hydrogen) atoms. The Bertz CT molecular complexity index is 291. The minimum absolute atomic E-state index is 0.169. The molecule has 5 nitrogen and oxygen atoms in total. The van der Waals surface area contributed by atoms with Crippen molar-refractivity contribution in [3.05, 3.63) is 0 Å². The van der Waals surface area contributed by atoms with Crippen LogP contribution in [0, 0.1) is 11.8 Å². The first-order chi connectivity index (χ1) is 7.08. The lowest BCUT2D eigenvalue weighted by molar-refractivity contribution is -0.143. The Balaban J connectivity index is 1.93. The van der Waals surface area contributed by atoms with E-state index in [0.29, 0.717) is 19.0 Å². The van der Waals surface area contributed by atoms with Crippen LogP contribution in [0.15, 0.2) is 0 Å². The van der Waals surface area contributed by atoms with Crippen LogP contribution < -0.4 is 0 Å². The van der Waals surface area contributed by atoms with E-state index in [2.05, 4.69) is 0 Å². The van der Waals surface area contributed by atoms with Crippen LogP contribution in [-0.2, 0) is 9.59 Å². The van der Waals surface area contributed by atoms with E-state index in [1.807, 2.05) is 0 Å². The summed E-state index contributed by atoms with van der Waals surface area (Å²) in [5, 5.41) is 18.1. The van der Waals surface area contributed by atoms with E-state index < -0.39 is 12.4 Å². The van der Waals surface area contributed by atoms with Gasteiger partial charge in [0.15, 0.2) is 0 Å². The molecule has 2 N–H and O–H groups in total. The maximum Gasteiger partial charge on any atom is 0.312 e. The largest absolute Gasteiger partial charge is 0.481 e. The van der Waals surface area contributed by atoms with Crippen molar-refractivity contribution in [2.24, 2.45) is 11.8 Å². The van der Waals surface area contributed by atoms with Gasteiger partial charge in [0.25, 0.3) is 0 Å². The average Bonchev–Trinajstić information content (AvgIpc) is 2.67. The molecule has 1 aliphatic carbocycles. The minimum Gasteiger partial charge on any atom is -0.481 e. The maximum absolute atomic E-state index is 11.5. The van der Waals surface area contributed by atoms with E-state index in [1.165, 1.54) is 0 Å². The third kappa shape index (κ3) is 1.97. The van der Waals surface area contributed by atoms with Gasteiger partial charge in [-0.15, -0.1) is 0 Å². The fourth-order valence-corrected chi connectivity index (χ4v) is 2.68. The van der Waals surface area contributed by atoms with Crippen molar-refractivity contribution in [1.29, 1.82) is 0 Å². The molecule has 3 unspecified atom stereocenters. The Morgan fingerprint density at radius 2 is 2.00 bits per heavy atom. The predicted molar refractivity (Wildman–Crippen MR) is 51.1 cm³/mol. The summed E-state index contributed by atoms with van der Waals surface area (Å²) < 4.78 is 0. The Labute approximate surface area is 87.7 Å². The lowest BCUT2D eigenvalue weighted by atomic mass is 10.00. The number of hydrogen-bond donors (Lipinski definition) is 2. The summed E-state index contributed by atoms with van der Waals surface area (Å²) in [5.41, 5.74) is 0. The normalized spacial score (nSPS) is 34.2. The monoisotopic (exact) mass is 213 g/mol. The highest BCUT2D eigenvalue weighted by Crippen LogP contribution is 2.38. The summed E-state index contributed by atoms with van der Waals surface area (Å²) in [6.45, 7) is 1.14. The van der Waals surface area contributed by atoms with Gasteiger partial charge >= 0.3 is 5.97 Å². The fourth-order valence-electron chi connectivity index (χ4n) is 2.68. The third-order valence-electron chi connectivity index (χ3n) is 3.47. The standard InChI is InChI=1S/C10H15NO4/c12-8-2-1-6-4-11(5-7(6)8)9(13)3-10(14)15/h6-8,12H,1-5H2,(H,14,15). The van der Waals surface area contributed by atoms with Crippen LogP contribution in [0.4, 0.5) is 0 Å². The van der Waals surface area contributed by atoms with E-state index in [1.54, 1.807) is 4.90 Å². The number of aliphatic hydroxyl groups excluding tert-OH is 1. The first-order valence-corrected chi connectivity index (χ1v) is 5.25. The number of fused-ring (bicyclic) bond motifs is 1. The lowest BCUT2D eigenvalue weighted by Gasteiger charge is -2.17. The number of aliphatic hydroxyl groups is 1. The second-order valence-electron chi connectivity index (χ2n) is 4.44.